The second-order valence-electron chi connectivity index (χ2n) is 6.17. The topological polar surface area (TPSA) is 106 Å². The van der Waals surface area contributed by atoms with E-state index in [9.17, 15) is 14.4 Å². The second kappa shape index (κ2) is 8.51. The van der Waals surface area contributed by atoms with Gasteiger partial charge in [-0.3, -0.25) is 9.59 Å². The molecule has 1 saturated heterocycles. The average molecular weight is 399 g/mol. The molecule has 0 aliphatic carbocycles. The lowest BCUT2D eigenvalue weighted by Gasteiger charge is -2.31. The van der Waals surface area contributed by atoms with E-state index in [2.05, 4.69) is 10.6 Å². The van der Waals surface area contributed by atoms with Crippen LogP contribution in [0.3, 0.4) is 0 Å². The summed E-state index contributed by atoms with van der Waals surface area (Å²) in [5.41, 5.74) is 0.751. The Kier molecular flexibility index (Phi) is 5.87. The highest BCUT2D eigenvalue weighted by atomic mass is 16.5. The maximum atomic E-state index is 13.0. The Bertz CT molecular complexity index is 946. The van der Waals surface area contributed by atoms with Crippen molar-refractivity contribution in [2.45, 2.75) is 0 Å². The van der Waals surface area contributed by atoms with E-state index < -0.39 is 23.8 Å². The predicted octanol–water partition coefficient (Wildman–Crippen LogP) is 2.02. The van der Waals surface area contributed by atoms with Gasteiger partial charge in [-0.1, -0.05) is 6.07 Å². The Hall–Kier alpha value is -3.75. The lowest BCUT2D eigenvalue weighted by molar-refractivity contribution is -0.130. The van der Waals surface area contributed by atoms with Crippen LogP contribution in [-0.4, -0.2) is 45.7 Å². The minimum atomic E-state index is -1.09. The molecule has 9 nitrogen and oxygen atoms in total. The fraction of sp³-hybridized carbons (Fsp3) is 0.250. The van der Waals surface area contributed by atoms with Crippen molar-refractivity contribution in [3.63, 3.8) is 0 Å². The Morgan fingerprint density at radius 3 is 2.48 bits per heavy atom. The molecule has 0 radical (unpaired) electrons. The Morgan fingerprint density at radius 1 is 1.03 bits per heavy atom. The predicted molar refractivity (Wildman–Crippen MR) is 106 cm³/mol. The van der Waals surface area contributed by atoms with Crippen molar-refractivity contribution in [1.82, 2.24) is 5.32 Å². The summed E-state index contributed by atoms with van der Waals surface area (Å²) in [7, 11) is 4.45. The molecule has 2 aromatic rings. The maximum absolute atomic E-state index is 13.0. The van der Waals surface area contributed by atoms with Crippen LogP contribution in [0.25, 0.3) is 0 Å². The Labute approximate surface area is 167 Å². The molecule has 0 saturated carbocycles. The number of anilines is 2. The third-order valence-electron chi connectivity index (χ3n) is 4.46. The van der Waals surface area contributed by atoms with E-state index in [1.165, 1.54) is 27.4 Å². The zero-order valence-corrected chi connectivity index (χ0v) is 16.2. The monoisotopic (exact) mass is 399 g/mol. The van der Waals surface area contributed by atoms with Gasteiger partial charge in [-0.2, -0.15) is 0 Å². The van der Waals surface area contributed by atoms with Gasteiger partial charge in [-0.05, 0) is 24.3 Å². The van der Waals surface area contributed by atoms with Gasteiger partial charge in [0.25, 0.3) is 0 Å². The van der Waals surface area contributed by atoms with Crippen LogP contribution in [0, 0.1) is 5.92 Å². The van der Waals surface area contributed by atoms with Crippen LogP contribution in [0.2, 0.25) is 0 Å². The number of benzene rings is 2. The summed E-state index contributed by atoms with van der Waals surface area (Å²) >= 11 is 0. The standard InChI is InChI=1S/C20H21N3O6/c1-27-14-6-4-5-12(9-14)22-18(24)15-11-21-20(26)23(19(15)25)13-7-8-16(28-2)17(10-13)29-3/h4-10,15H,11H2,1-3H3,(H,21,26)(H,22,24). The zero-order valence-electron chi connectivity index (χ0n) is 16.2. The summed E-state index contributed by atoms with van der Waals surface area (Å²) in [6, 6.07) is 10.8. The number of hydrogen-bond donors (Lipinski definition) is 2. The minimum Gasteiger partial charge on any atom is -0.497 e. The normalized spacial score (nSPS) is 16.1. The number of carbonyl (C=O) groups is 3. The number of urea groups is 1. The number of ether oxygens (including phenoxy) is 3. The zero-order chi connectivity index (χ0) is 21.0. The van der Waals surface area contributed by atoms with Gasteiger partial charge in [-0.25, -0.2) is 9.69 Å². The van der Waals surface area contributed by atoms with Gasteiger partial charge in [0.05, 0.1) is 27.0 Å². The Balaban J connectivity index is 1.83. The van der Waals surface area contributed by atoms with E-state index >= 15 is 0 Å². The molecule has 29 heavy (non-hydrogen) atoms. The number of amides is 4. The fourth-order valence-corrected chi connectivity index (χ4v) is 2.96. The van der Waals surface area contributed by atoms with Crippen LogP contribution < -0.4 is 29.7 Å². The highest BCUT2D eigenvalue weighted by molar-refractivity contribution is 6.23. The first-order valence-corrected chi connectivity index (χ1v) is 8.77. The summed E-state index contributed by atoms with van der Waals surface area (Å²) in [6.45, 7) is -0.0999. The van der Waals surface area contributed by atoms with Crippen molar-refractivity contribution in [2.24, 2.45) is 5.92 Å². The third-order valence-corrected chi connectivity index (χ3v) is 4.46. The third kappa shape index (κ3) is 4.08. The van der Waals surface area contributed by atoms with Crippen LogP contribution in [0.5, 0.6) is 17.2 Å². The van der Waals surface area contributed by atoms with Crippen molar-refractivity contribution >= 4 is 29.2 Å². The maximum Gasteiger partial charge on any atom is 0.328 e. The molecule has 0 spiro atoms. The molecule has 0 aromatic heterocycles. The van der Waals surface area contributed by atoms with Gasteiger partial charge in [0.2, 0.25) is 11.8 Å². The van der Waals surface area contributed by atoms with Gasteiger partial charge in [-0.15, -0.1) is 0 Å². The van der Waals surface area contributed by atoms with Crippen LogP contribution in [0.15, 0.2) is 42.5 Å². The lowest BCUT2D eigenvalue weighted by Crippen LogP contribution is -2.58. The van der Waals surface area contributed by atoms with Crippen molar-refractivity contribution in [2.75, 3.05) is 38.1 Å². The first-order chi connectivity index (χ1) is 14.0. The molecule has 9 heteroatoms. The lowest BCUT2D eigenvalue weighted by atomic mass is 10.0. The smallest absolute Gasteiger partial charge is 0.328 e. The summed E-state index contributed by atoms with van der Waals surface area (Å²) in [6.07, 6.45) is 0. The summed E-state index contributed by atoms with van der Waals surface area (Å²) < 4.78 is 15.5. The molecule has 4 amide bonds. The SMILES string of the molecule is COc1cccc(NC(=O)C2CNC(=O)N(c3ccc(OC)c(OC)c3)C2=O)c1. The molecule has 2 N–H and O–H groups in total. The second-order valence-corrected chi connectivity index (χ2v) is 6.17. The van der Waals surface area contributed by atoms with E-state index in [0.717, 1.165) is 4.90 Å². The fourth-order valence-electron chi connectivity index (χ4n) is 2.96. The van der Waals surface area contributed by atoms with Gasteiger partial charge >= 0.3 is 6.03 Å². The van der Waals surface area contributed by atoms with E-state index in [4.69, 9.17) is 14.2 Å². The molecule has 3 rings (SSSR count). The van der Waals surface area contributed by atoms with E-state index in [-0.39, 0.29) is 12.2 Å². The van der Waals surface area contributed by atoms with Crippen molar-refractivity contribution in [3.05, 3.63) is 42.5 Å². The van der Waals surface area contributed by atoms with Gasteiger partial charge < -0.3 is 24.8 Å². The van der Waals surface area contributed by atoms with E-state index in [1.807, 2.05) is 0 Å². The molecule has 0 bridgehead atoms. The molecule has 1 fully saturated rings. The van der Waals surface area contributed by atoms with Gasteiger partial charge in [0.1, 0.15) is 11.7 Å². The molecule has 1 unspecified atom stereocenters. The number of nitrogens with zero attached hydrogens (tertiary/aromatic N) is 1. The van der Waals surface area contributed by atoms with E-state index in [0.29, 0.717) is 22.9 Å². The highest BCUT2D eigenvalue weighted by Gasteiger charge is 2.39. The van der Waals surface area contributed by atoms with Gasteiger partial charge in [0, 0.05) is 24.4 Å². The average Bonchev–Trinajstić information content (AvgIpc) is 2.73. The summed E-state index contributed by atoms with van der Waals surface area (Å²) in [5, 5.41) is 5.26. The van der Waals surface area contributed by atoms with Crippen LogP contribution in [0.4, 0.5) is 16.2 Å². The molecular formula is C20H21N3O6. The minimum absolute atomic E-state index is 0.0999. The summed E-state index contributed by atoms with van der Waals surface area (Å²) in [5.74, 6) is -0.887. The largest absolute Gasteiger partial charge is 0.497 e. The van der Waals surface area contributed by atoms with Crippen LogP contribution in [0.1, 0.15) is 0 Å². The molecule has 1 heterocycles. The molecule has 152 valence electrons. The molecule has 2 aromatic carbocycles. The molecular weight excluding hydrogens is 378 g/mol. The number of rotatable bonds is 6. The summed E-state index contributed by atoms with van der Waals surface area (Å²) in [4.78, 5) is 38.9. The van der Waals surface area contributed by atoms with E-state index in [1.54, 1.807) is 36.4 Å². The number of imide groups is 1. The first kappa shape index (κ1) is 20.0. The Morgan fingerprint density at radius 2 is 1.79 bits per heavy atom. The first-order valence-electron chi connectivity index (χ1n) is 8.77. The van der Waals surface area contributed by atoms with Crippen molar-refractivity contribution in [3.8, 4) is 17.2 Å². The van der Waals surface area contributed by atoms with Crippen LogP contribution in [-0.2, 0) is 9.59 Å². The number of hydrogen-bond acceptors (Lipinski definition) is 6. The van der Waals surface area contributed by atoms with Gasteiger partial charge in [0.15, 0.2) is 11.5 Å². The number of carbonyl (C=O) groups excluding carboxylic acids is 3. The molecule has 1 aliphatic heterocycles. The molecule has 1 aliphatic rings. The van der Waals surface area contributed by atoms with Crippen molar-refractivity contribution in [1.29, 1.82) is 0 Å². The quantitative estimate of drug-likeness (QED) is 0.720. The molecule has 1 atom stereocenters. The number of methoxy groups -OCH3 is 3. The highest BCUT2D eigenvalue weighted by Crippen LogP contribution is 2.32. The van der Waals surface area contributed by atoms with Crippen molar-refractivity contribution < 1.29 is 28.6 Å². The number of nitrogens with one attached hydrogen (secondary N) is 2. The van der Waals surface area contributed by atoms with Crippen LogP contribution >= 0.6 is 0 Å².